The molecule has 0 aromatic heterocycles. The summed E-state index contributed by atoms with van der Waals surface area (Å²) in [6.07, 6.45) is -2.52. The van der Waals surface area contributed by atoms with Crippen LogP contribution in [0.5, 0.6) is 0 Å². The third-order valence-corrected chi connectivity index (χ3v) is 6.18. The number of hydrogen-bond acceptors (Lipinski definition) is 6. The highest BCUT2D eigenvalue weighted by Crippen LogP contribution is 2.53. The minimum Gasteiger partial charge on any atom is -0.349 e. The van der Waals surface area contributed by atoms with E-state index in [0.29, 0.717) is 12.8 Å². The largest absolute Gasteiger partial charge is 0.349 e. The zero-order valence-corrected chi connectivity index (χ0v) is 16.9. The lowest BCUT2D eigenvalue weighted by Crippen LogP contribution is -2.76. The summed E-state index contributed by atoms with van der Waals surface area (Å²) in [4.78, 5) is 0. The van der Waals surface area contributed by atoms with Gasteiger partial charge >= 0.3 is 5.92 Å². The van der Waals surface area contributed by atoms with Crippen LogP contribution in [0.15, 0.2) is 30.3 Å². The van der Waals surface area contributed by atoms with Crippen molar-refractivity contribution >= 4 is 0 Å². The van der Waals surface area contributed by atoms with Gasteiger partial charge in [-0.3, -0.25) is 0 Å². The van der Waals surface area contributed by atoms with Gasteiger partial charge in [-0.2, -0.15) is 8.78 Å². The van der Waals surface area contributed by atoms with Crippen molar-refractivity contribution in [2.75, 3.05) is 14.2 Å². The van der Waals surface area contributed by atoms with E-state index in [1.54, 1.807) is 6.92 Å². The molecular formula is C21H28F2O6. The summed E-state index contributed by atoms with van der Waals surface area (Å²) in [6, 6.07) is 9.12. The first kappa shape index (κ1) is 21.1. The van der Waals surface area contributed by atoms with Crippen molar-refractivity contribution in [1.82, 2.24) is 0 Å². The maximum Gasteiger partial charge on any atom is 0.326 e. The molecule has 1 saturated carbocycles. The van der Waals surface area contributed by atoms with E-state index in [1.165, 1.54) is 14.2 Å². The van der Waals surface area contributed by atoms with Gasteiger partial charge in [0.05, 0.1) is 12.7 Å². The van der Waals surface area contributed by atoms with Crippen LogP contribution >= 0.6 is 0 Å². The van der Waals surface area contributed by atoms with Gasteiger partial charge < -0.3 is 28.4 Å². The van der Waals surface area contributed by atoms with Crippen molar-refractivity contribution in [3.63, 3.8) is 0 Å². The second kappa shape index (κ2) is 7.83. The summed E-state index contributed by atoms with van der Waals surface area (Å²) in [5, 5.41) is 0. The van der Waals surface area contributed by atoms with E-state index >= 15 is 8.78 Å². The SMILES string of the molecule is CO[C@@]12CCCC[C@@]1(OC)O[C@@H]1[C@@H](O2)[C@H](C)O[C@H](OCc2ccccc2)C1(F)F. The minimum absolute atomic E-state index is 0.00346. The van der Waals surface area contributed by atoms with E-state index in [-0.39, 0.29) is 6.61 Å². The Kier molecular flexibility index (Phi) is 5.69. The Hall–Kier alpha value is -1.16. The van der Waals surface area contributed by atoms with Crippen LogP contribution in [0.2, 0.25) is 0 Å². The minimum atomic E-state index is -3.44. The molecule has 0 bridgehead atoms. The summed E-state index contributed by atoms with van der Waals surface area (Å²) in [5.74, 6) is -6.08. The van der Waals surface area contributed by atoms with Crippen LogP contribution in [-0.4, -0.2) is 56.3 Å². The highest BCUT2D eigenvalue weighted by Gasteiger charge is 2.71. The van der Waals surface area contributed by atoms with E-state index < -0.39 is 42.1 Å². The second-order valence-electron chi connectivity index (χ2n) is 7.89. The summed E-state index contributed by atoms with van der Waals surface area (Å²) in [7, 11) is 2.92. The molecule has 0 amide bonds. The summed E-state index contributed by atoms with van der Waals surface area (Å²) in [5.41, 5.74) is 0.779. The number of methoxy groups -OCH3 is 2. The van der Waals surface area contributed by atoms with Gasteiger partial charge in [0.25, 0.3) is 0 Å². The van der Waals surface area contributed by atoms with Gasteiger partial charge in [-0.1, -0.05) is 30.3 Å². The predicted octanol–water partition coefficient (Wildman–Crippen LogP) is 3.63. The van der Waals surface area contributed by atoms with Gasteiger partial charge in [0, 0.05) is 27.1 Å². The molecule has 1 aromatic rings. The van der Waals surface area contributed by atoms with Crippen molar-refractivity contribution in [1.29, 1.82) is 0 Å². The number of fused-ring (bicyclic) bond motifs is 2. The third kappa shape index (κ3) is 3.40. The number of ether oxygens (including phenoxy) is 6. The quantitative estimate of drug-likeness (QED) is 0.734. The fourth-order valence-corrected chi connectivity index (χ4v) is 4.59. The van der Waals surface area contributed by atoms with Crippen LogP contribution in [0.25, 0.3) is 0 Å². The number of benzene rings is 1. The van der Waals surface area contributed by atoms with Gasteiger partial charge in [0.1, 0.15) is 6.10 Å². The van der Waals surface area contributed by atoms with Gasteiger partial charge in [-0.05, 0) is 25.3 Å². The van der Waals surface area contributed by atoms with Crippen LogP contribution < -0.4 is 0 Å². The first-order chi connectivity index (χ1) is 13.9. The standard InChI is InChI=1S/C21H28F2O6/c1-14-16-17(29-20(25-3)12-8-7-11-19(20,24-2)28-16)21(22,23)18(27-14)26-13-15-9-5-4-6-10-15/h4-6,9-10,14,16-18H,7-8,11-13H2,1-3H3/t14-,16-,17+,18-,19+,20+/m0/s1. The van der Waals surface area contributed by atoms with E-state index in [4.69, 9.17) is 28.4 Å². The lowest BCUT2D eigenvalue weighted by atomic mass is 9.83. The molecule has 2 aliphatic heterocycles. The molecule has 0 unspecified atom stereocenters. The van der Waals surface area contributed by atoms with Crippen molar-refractivity contribution < 1.29 is 37.2 Å². The van der Waals surface area contributed by atoms with Crippen LogP contribution in [0.4, 0.5) is 8.78 Å². The number of alkyl halides is 2. The van der Waals surface area contributed by atoms with Crippen LogP contribution in [0, 0.1) is 0 Å². The van der Waals surface area contributed by atoms with Gasteiger partial charge in [-0.15, -0.1) is 0 Å². The Balaban J connectivity index is 1.58. The van der Waals surface area contributed by atoms with Crippen molar-refractivity contribution in [3.05, 3.63) is 35.9 Å². The molecule has 6 atom stereocenters. The van der Waals surface area contributed by atoms with E-state index in [2.05, 4.69) is 0 Å². The van der Waals surface area contributed by atoms with Crippen LogP contribution in [0.1, 0.15) is 38.2 Å². The molecule has 1 aromatic carbocycles. The Morgan fingerprint density at radius 3 is 2.24 bits per heavy atom. The van der Waals surface area contributed by atoms with Gasteiger partial charge in [0.15, 0.2) is 6.10 Å². The molecule has 8 heteroatoms. The van der Waals surface area contributed by atoms with Crippen LogP contribution in [-0.2, 0) is 35.0 Å². The molecule has 0 N–H and O–H groups in total. The number of hydrogen-bond donors (Lipinski definition) is 0. The summed E-state index contributed by atoms with van der Waals surface area (Å²) < 4.78 is 65.3. The van der Waals surface area contributed by atoms with Gasteiger partial charge in [-0.25, -0.2) is 0 Å². The average Bonchev–Trinajstić information content (AvgIpc) is 2.75. The molecule has 2 heterocycles. The van der Waals surface area contributed by atoms with Crippen molar-refractivity contribution in [3.8, 4) is 0 Å². The number of rotatable bonds is 5. The molecule has 29 heavy (non-hydrogen) atoms. The zero-order valence-electron chi connectivity index (χ0n) is 16.9. The average molecular weight is 414 g/mol. The fraction of sp³-hybridized carbons (Fsp3) is 0.714. The first-order valence-electron chi connectivity index (χ1n) is 10.0. The fourth-order valence-electron chi connectivity index (χ4n) is 4.59. The third-order valence-electron chi connectivity index (χ3n) is 6.18. The first-order valence-corrected chi connectivity index (χ1v) is 10.0. The molecule has 3 aliphatic rings. The molecule has 4 rings (SSSR count). The molecule has 0 spiro atoms. The van der Waals surface area contributed by atoms with E-state index in [1.807, 2.05) is 30.3 Å². The Bertz CT molecular complexity index is 704. The lowest BCUT2D eigenvalue weighted by Gasteiger charge is -2.60. The van der Waals surface area contributed by atoms with E-state index in [0.717, 1.165) is 18.4 Å². The normalized spacial score (nSPS) is 41.4. The monoisotopic (exact) mass is 414 g/mol. The molecule has 6 nitrogen and oxygen atoms in total. The zero-order chi connectivity index (χ0) is 20.7. The van der Waals surface area contributed by atoms with Crippen LogP contribution in [0.3, 0.4) is 0 Å². The van der Waals surface area contributed by atoms with E-state index in [9.17, 15) is 0 Å². The molecule has 0 radical (unpaired) electrons. The molecule has 2 saturated heterocycles. The molecule has 3 fully saturated rings. The predicted molar refractivity (Wildman–Crippen MR) is 98.2 cm³/mol. The molecule has 162 valence electrons. The number of halogens is 2. The lowest BCUT2D eigenvalue weighted by molar-refractivity contribution is -0.510. The summed E-state index contributed by atoms with van der Waals surface area (Å²) >= 11 is 0. The highest BCUT2D eigenvalue weighted by atomic mass is 19.3. The second-order valence-corrected chi connectivity index (χ2v) is 7.89. The highest BCUT2D eigenvalue weighted by molar-refractivity contribution is 5.13. The van der Waals surface area contributed by atoms with Crippen molar-refractivity contribution in [2.24, 2.45) is 0 Å². The Morgan fingerprint density at radius 2 is 1.62 bits per heavy atom. The van der Waals surface area contributed by atoms with Gasteiger partial charge in [0.2, 0.25) is 17.9 Å². The Morgan fingerprint density at radius 1 is 1.00 bits per heavy atom. The van der Waals surface area contributed by atoms with Crippen molar-refractivity contribution in [2.45, 2.75) is 81.3 Å². The maximum atomic E-state index is 15.4. The summed E-state index contributed by atoms with van der Waals surface area (Å²) in [6.45, 7) is 1.69. The molecule has 1 aliphatic carbocycles. The maximum absolute atomic E-state index is 15.4. The molecular weight excluding hydrogens is 386 g/mol. The topological polar surface area (TPSA) is 55.4 Å². The smallest absolute Gasteiger partial charge is 0.326 e. The Labute approximate surface area is 169 Å².